The van der Waals surface area contributed by atoms with Crippen LogP contribution in [0.15, 0.2) is 68.3 Å². The second kappa shape index (κ2) is 8.36. The summed E-state index contributed by atoms with van der Waals surface area (Å²) in [5.74, 6) is 0.156. The van der Waals surface area contributed by atoms with Crippen molar-refractivity contribution in [3.63, 3.8) is 0 Å². The lowest BCUT2D eigenvalue weighted by atomic mass is 9.83. The normalized spacial score (nSPS) is 15.5. The van der Waals surface area contributed by atoms with E-state index in [-0.39, 0.29) is 11.5 Å². The molecular formula is C24H25BrN2O3. The monoisotopic (exact) mass is 468 g/mol. The van der Waals surface area contributed by atoms with Gasteiger partial charge in [-0.2, -0.15) is 0 Å². The van der Waals surface area contributed by atoms with Gasteiger partial charge in [-0.05, 0) is 43.2 Å². The highest BCUT2D eigenvalue weighted by atomic mass is 79.9. The third-order valence-electron chi connectivity index (χ3n) is 5.88. The summed E-state index contributed by atoms with van der Waals surface area (Å²) in [7, 11) is 0. The number of piperazine rings is 1. The Balaban J connectivity index is 1.45. The number of carbonyl (C=O) groups excluding carboxylic acids is 1. The molecule has 30 heavy (non-hydrogen) atoms. The third kappa shape index (κ3) is 4.20. The zero-order valence-electron chi connectivity index (χ0n) is 17.2. The second-order valence-electron chi connectivity index (χ2n) is 8.29. The molecule has 4 rings (SSSR count). The lowest BCUT2D eigenvalue weighted by molar-refractivity contribution is -0.138. The number of nitrogens with zero attached hydrogens (tertiary/aromatic N) is 2. The minimum atomic E-state index is -0.550. The van der Waals surface area contributed by atoms with Crippen molar-refractivity contribution in [3.8, 4) is 0 Å². The smallest absolute Gasteiger partial charge is 0.336 e. The number of hydrogen-bond acceptors (Lipinski definition) is 4. The van der Waals surface area contributed by atoms with Crippen LogP contribution in [0.2, 0.25) is 0 Å². The average Bonchev–Trinajstić information content (AvgIpc) is 2.74. The number of carbonyl (C=O) groups is 1. The third-order valence-corrected chi connectivity index (χ3v) is 6.37. The predicted molar refractivity (Wildman–Crippen MR) is 122 cm³/mol. The summed E-state index contributed by atoms with van der Waals surface area (Å²) in [5, 5.41) is 0.946. The molecule has 1 amide bonds. The molecular weight excluding hydrogens is 444 g/mol. The molecule has 5 nitrogen and oxygen atoms in total. The van der Waals surface area contributed by atoms with Crippen molar-refractivity contribution in [3.05, 3.63) is 80.6 Å². The van der Waals surface area contributed by atoms with E-state index < -0.39 is 5.41 Å². The van der Waals surface area contributed by atoms with Gasteiger partial charge >= 0.3 is 5.63 Å². The lowest BCUT2D eigenvalue weighted by Gasteiger charge is -2.39. The van der Waals surface area contributed by atoms with Crippen LogP contribution in [0.1, 0.15) is 25.0 Å². The van der Waals surface area contributed by atoms with Gasteiger partial charge in [-0.1, -0.05) is 46.3 Å². The van der Waals surface area contributed by atoms with Gasteiger partial charge in [0.15, 0.2) is 0 Å². The standard InChI is InChI=1S/C24H25BrN2O3/c1-24(2,18-6-4-3-5-7-18)23(29)27-12-10-26(11-13-27)16-17-14-22(28)30-21-15-19(25)8-9-20(17)21/h3-9,14-15H,10-13,16H2,1-2H3. The van der Waals surface area contributed by atoms with Crippen LogP contribution < -0.4 is 5.63 Å². The molecule has 0 unspecified atom stereocenters. The highest BCUT2D eigenvalue weighted by Crippen LogP contribution is 2.27. The molecule has 0 radical (unpaired) electrons. The SMILES string of the molecule is CC(C)(C(=O)N1CCN(Cc2cc(=O)oc3cc(Br)ccc23)CC1)c1ccccc1. The number of rotatable bonds is 4. The Morgan fingerprint density at radius 2 is 1.73 bits per heavy atom. The van der Waals surface area contributed by atoms with Gasteiger partial charge in [0.2, 0.25) is 5.91 Å². The fraction of sp³-hybridized carbons (Fsp3) is 0.333. The molecule has 2 aromatic carbocycles. The van der Waals surface area contributed by atoms with Crippen molar-refractivity contribution >= 4 is 32.8 Å². The molecule has 0 spiro atoms. The van der Waals surface area contributed by atoms with E-state index in [1.165, 1.54) is 0 Å². The van der Waals surface area contributed by atoms with Crippen molar-refractivity contribution in [2.75, 3.05) is 26.2 Å². The zero-order chi connectivity index (χ0) is 21.3. The maximum atomic E-state index is 13.2. The van der Waals surface area contributed by atoms with Gasteiger partial charge < -0.3 is 9.32 Å². The van der Waals surface area contributed by atoms with E-state index in [0.717, 1.165) is 34.1 Å². The fourth-order valence-corrected chi connectivity index (χ4v) is 4.40. The summed E-state index contributed by atoms with van der Waals surface area (Å²) >= 11 is 3.42. The topological polar surface area (TPSA) is 53.8 Å². The minimum absolute atomic E-state index is 0.156. The van der Waals surface area contributed by atoms with E-state index in [4.69, 9.17) is 4.42 Å². The molecule has 6 heteroatoms. The molecule has 1 saturated heterocycles. The summed E-state index contributed by atoms with van der Waals surface area (Å²) in [6.07, 6.45) is 0. The highest BCUT2D eigenvalue weighted by molar-refractivity contribution is 9.10. The van der Waals surface area contributed by atoms with Crippen LogP contribution in [0, 0.1) is 0 Å². The minimum Gasteiger partial charge on any atom is -0.423 e. The average molecular weight is 469 g/mol. The summed E-state index contributed by atoms with van der Waals surface area (Å²) in [5.41, 5.74) is 1.69. The summed E-state index contributed by atoms with van der Waals surface area (Å²) in [4.78, 5) is 29.4. The number of halogens is 1. The van der Waals surface area contributed by atoms with E-state index in [9.17, 15) is 9.59 Å². The molecule has 1 aliphatic heterocycles. The predicted octanol–water partition coefficient (Wildman–Crippen LogP) is 4.18. The first kappa shape index (κ1) is 20.8. The Morgan fingerprint density at radius 1 is 1.03 bits per heavy atom. The van der Waals surface area contributed by atoms with Crippen molar-refractivity contribution in [1.82, 2.24) is 9.80 Å². The molecule has 0 aliphatic carbocycles. The van der Waals surface area contributed by atoms with Gasteiger partial charge in [-0.15, -0.1) is 0 Å². The van der Waals surface area contributed by atoms with Crippen molar-refractivity contribution in [2.24, 2.45) is 0 Å². The van der Waals surface area contributed by atoms with Gasteiger partial charge in [-0.3, -0.25) is 9.69 Å². The largest absolute Gasteiger partial charge is 0.423 e. The lowest BCUT2D eigenvalue weighted by Crippen LogP contribution is -2.52. The highest BCUT2D eigenvalue weighted by Gasteiger charge is 2.35. The number of fused-ring (bicyclic) bond motifs is 1. The molecule has 0 N–H and O–H groups in total. The van der Waals surface area contributed by atoms with Crippen molar-refractivity contribution < 1.29 is 9.21 Å². The maximum Gasteiger partial charge on any atom is 0.336 e. The van der Waals surface area contributed by atoms with E-state index in [2.05, 4.69) is 20.8 Å². The second-order valence-corrected chi connectivity index (χ2v) is 9.21. The fourth-order valence-electron chi connectivity index (χ4n) is 4.06. The zero-order valence-corrected chi connectivity index (χ0v) is 18.8. The molecule has 1 aliphatic rings. The van der Waals surface area contributed by atoms with Gasteiger partial charge in [0.25, 0.3) is 0 Å². The van der Waals surface area contributed by atoms with Gasteiger partial charge in [0.05, 0.1) is 5.41 Å². The first-order valence-corrected chi connectivity index (χ1v) is 10.9. The quantitative estimate of drug-likeness (QED) is 0.539. The van der Waals surface area contributed by atoms with Crippen LogP contribution in [-0.2, 0) is 16.8 Å². The summed E-state index contributed by atoms with van der Waals surface area (Å²) in [6, 6.07) is 17.3. The van der Waals surface area contributed by atoms with Crippen LogP contribution in [0.5, 0.6) is 0 Å². The maximum absolute atomic E-state index is 13.2. The van der Waals surface area contributed by atoms with Crippen molar-refractivity contribution in [2.45, 2.75) is 25.8 Å². The van der Waals surface area contributed by atoms with Crippen LogP contribution in [0.25, 0.3) is 11.0 Å². The van der Waals surface area contributed by atoms with Gasteiger partial charge in [0.1, 0.15) is 5.58 Å². The Labute approximate surface area is 184 Å². The van der Waals surface area contributed by atoms with Crippen LogP contribution >= 0.6 is 15.9 Å². The molecule has 2 heterocycles. The number of benzene rings is 2. The Kier molecular flexibility index (Phi) is 5.80. The molecule has 0 atom stereocenters. The Morgan fingerprint density at radius 3 is 2.43 bits per heavy atom. The van der Waals surface area contributed by atoms with E-state index >= 15 is 0 Å². The van der Waals surface area contributed by atoms with Crippen LogP contribution in [-0.4, -0.2) is 41.9 Å². The van der Waals surface area contributed by atoms with Gasteiger partial charge in [-0.25, -0.2) is 4.79 Å². The van der Waals surface area contributed by atoms with Crippen LogP contribution in [0.4, 0.5) is 0 Å². The molecule has 0 saturated carbocycles. The van der Waals surface area contributed by atoms with Crippen molar-refractivity contribution in [1.29, 1.82) is 0 Å². The summed E-state index contributed by atoms with van der Waals surface area (Å²) in [6.45, 7) is 7.55. The number of hydrogen-bond donors (Lipinski definition) is 0. The van der Waals surface area contributed by atoms with E-state index in [1.54, 1.807) is 6.07 Å². The Bertz CT molecular complexity index is 1120. The molecule has 1 fully saturated rings. The first-order chi connectivity index (χ1) is 14.3. The number of amides is 1. The first-order valence-electron chi connectivity index (χ1n) is 10.1. The molecule has 3 aromatic rings. The van der Waals surface area contributed by atoms with Crippen LogP contribution in [0.3, 0.4) is 0 Å². The van der Waals surface area contributed by atoms with E-state index in [0.29, 0.717) is 25.2 Å². The molecule has 156 valence electrons. The van der Waals surface area contributed by atoms with Gasteiger partial charge in [0, 0.05) is 48.6 Å². The Hall–Kier alpha value is -2.44. The van der Waals surface area contributed by atoms with E-state index in [1.807, 2.05) is 67.3 Å². The summed E-state index contributed by atoms with van der Waals surface area (Å²) < 4.78 is 6.22. The molecule has 0 bridgehead atoms. The molecule has 1 aromatic heterocycles.